The third-order valence-corrected chi connectivity index (χ3v) is 5.76. The number of anilines is 1. The number of nitrogens with one attached hydrogen (secondary N) is 2. The Morgan fingerprint density at radius 2 is 1.96 bits per heavy atom. The van der Waals surface area contributed by atoms with Crippen LogP contribution in [0.25, 0.3) is 0 Å². The first-order chi connectivity index (χ1) is 13.3. The van der Waals surface area contributed by atoms with Crippen LogP contribution in [0.1, 0.15) is 56.0 Å². The van der Waals surface area contributed by atoms with E-state index in [0.29, 0.717) is 19.0 Å². The molecule has 1 aliphatic carbocycles. The summed E-state index contributed by atoms with van der Waals surface area (Å²) in [6.45, 7) is 2.14. The molecule has 2 aromatic heterocycles. The first-order valence-corrected chi connectivity index (χ1v) is 10.1. The standard InChI is InChI=1S/C20H28N6O/c27-20(24-10-9-23-18-14-21-7-8-22-18)16-6-11-26-17(12-16)13-25-19(26)15-4-2-1-3-5-15/h7-8,13-16H,1-6,9-12H2,(H,22,23)(H,24,27). The highest BCUT2D eigenvalue weighted by Crippen LogP contribution is 2.34. The van der Waals surface area contributed by atoms with Gasteiger partial charge in [0.1, 0.15) is 11.6 Å². The van der Waals surface area contributed by atoms with Gasteiger partial charge < -0.3 is 15.2 Å². The van der Waals surface area contributed by atoms with E-state index in [2.05, 4.69) is 25.2 Å². The van der Waals surface area contributed by atoms with Gasteiger partial charge >= 0.3 is 0 Å². The molecule has 7 heteroatoms. The van der Waals surface area contributed by atoms with Crippen molar-refractivity contribution in [3.05, 3.63) is 36.3 Å². The average molecular weight is 368 g/mol. The summed E-state index contributed by atoms with van der Waals surface area (Å²) < 4.78 is 2.38. The molecule has 1 amide bonds. The second-order valence-electron chi connectivity index (χ2n) is 7.59. The van der Waals surface area contributed by atoms with Crippen molar-refractivity contribution in [2.75, 3.05) is 18.4 Å². The number of rotatable bonds is 6. The molecule has 2 aromatic rings. The molecule has 4 rings (SSSR count). The second-order valence-corrected chi connectivity index (χ2v) is 7.59. The van der Waals surface area contributed by atoms with Crippen molar-refractivity contribution in [3.8, 4) is 0 Å². The van der Waals surface area contributed by atoms with E-state index in [1.54, 1.807) is 18.6 Å². The van der Waals surface area contributed by atoms with Gasteiger partial charge in [-0.2, -0.15) is 0 Å². The van der Waals surface area contributed by atoms with Crippen LogP contribution in [0.2, 0.25) is 0 Å². The third-order valence-electron chi connectivity index (χ3n) is 5.76. The summed E-state index contributed by atoms with van der Waals surface area (Å²) in [5.74, 6) is 2.79. The molecule has 0 radical (unpaired) electrons. The quantitative estimate of drug-likeness (QED) is 0.766. The molecule has 1 saturated carbocycles. The summed E-state index contributed by atoms with van der Waals surface area (Å²) in [5.41, 5.74) is 1.22. The van der Waals surface area contributed by atoms with E-state index in [-0.39, 0.29) is 11.8 Å². The molecular weight excluding hydrogens is 340 g/mol. The molecule has 1 fully saturated rings. The van der Waals surface area contributed by atoms with Crippen molar-refractivity contribution < 1.29 is 4.79 Å². The number of nitrogens with zero attached hydrogens (tertiary/aromatic N) is 4. The average Bonchev–Trinajstić information content (AvgIpc) is 3.16. The minimum atomic E-state index is 0.0462. The van der Waals surface area contributed by atoms with Crippen molar-refractivity contribution in [1.82, 2.24) is 24.8 Å². The fraction of sp³-hybridized carbons (Fsp3) is 0.600. The van der Waals surface area contributed by atoms with E-state index in [1.807, 2.05) is 6.20 Å². The molecule has 2 aliphatic rings. The van der Waals surface area contributed by atoms with E-state index in [4.69, 9.17) is 4.98 Å². The number of carbonyl (C=O) groups is 1. The van der Waals surface area contributed by atoms with Crippen LogP contribution in [-0.4, -0.2) is 38.5 Å². The topological polar surface area (TPSA) is 84.7 Å². The number of carbonyl (C=O) groups excluding carboxylic acids is 1. The van der Waals surface area contributed by atoms with Crippen molar-refractivity contribution >= 4 is 11.7 Å². The van der Waals surface area contributed by atoms with Gasteiger partial charge in [-0.05, 0) is 19.3 Å². The number of aromatic nitrogens is 4. The van der Waals surface area contributed by atoms with Crippen LogP contribution in [0.15, 0.2) is 24.8 Å². The van der Waals surface area contributed by atoms with Crippen LogP contribution in [-0.2, 0) is 17.8 Å². The highest BCUT2D eigenvalue weighted by molar-refractivity contribution is 5.79. The first-order valence-electron chi connectivity index (χ1n) is 10.1. The van der Waals surface area contributed by atoms with Crippen LogP contribution >= 0.6 is 0 Å². The van der Waals surface area contributed by atoms with Crippen LogP contribution < -0.4 is 10.6 Å². The van der Waals surface area contributed by atoms with Gasteiger partial charge in [-0.3, -0.25) is 9.78 Å². The van der Waals surface area contributed by atoms with E-state index in [9.17, 15) is 4.79 Å². The minimum absolute atomic E-state index is 0.0462. The summed E-state index contributed by atoms with van der Waals surface area (Å²) in [7, 11) is 0. The van der Waals surface area contributed by atoms with E-state index in [1.165, 1.54) is 43.6 Å². The SMILES string of the molecule is O=C(NCCNc1cnccn1)C1CCn2c(cnc2C2CCCCC2)C1. The maximum absolute atomic E-state index is 12.5. The van der Waals surface area contributed by atoms with Crippen LogP contribution in [0.3, 0.4) is 0 Å². The van der Waals surface area contributed by atoms with Crippen molar-refractivity contribution in [2.24, 2.45) is 5.92 Å². The number of fused-ring (bicyclic) bond motifs is 1. The summed E-state index contributed by atoms with van der Waals surface area (Å²) in [6, 6.07) is 0. The van der Waals surface area contributed by atoms with Crippen LogP contribution in [0.4, 0.5) is 5.82 Å². The van der Waals surface area contributed by atoms with E-state index < -0.39 is 0 Å². The smallest absolute Gasteiger partial charge is 0.223 e. The zero-order chi connectivity index (χ0) is 18.5. The van der Waals surface area contributed by atoms with Gasteiger partial charge in [-0.15, -0.1) is 0 Å². The van der Waals surface area contributed by atoms with Gasteiger partial charge in [-0.1, -0.05) is 19.3 Å². The summed E-state index contributed by atoms with van der Waals surface area (Å²) >= 11 is 0. The van der Waals surface area contributed by atoms with Gasteiger partial charge in [0.25, 0.3) is 0 Å². The monoisotopic (exact) mass is 368 g/mol. The van der Waals surface area contributed by atoms with Gasteiger partial charge in [0.2, 0.25) is 5.91 Å². The lowest BCUT2D eigenvalue weighted by atomic mass is 9.88. The number of hydrogen-bond acceptors (Lipinski definition) is 5. The Balaban J connectivity index is 1.26. The molecule has 7 nitrogen and oxygen atoms in total. The van der Waals surface area contributed by atoms with E-state index in [0.717, 1.165) is 25.2 Å². The van der Waals surface area contributed by atoms with Crippen molar-refractivity contribution in [1.29, 1.82) is 0 Å². The number of amides is 1. The lowest BCUT2D eigenvalue weighted by molar-refractivity contribution is -0.125. The predicted octanol–water partition coefficient (Wildman–Crippen LogP) is 2.51. The Morgan fingerprint density at radius 3 is 2.78 bits per heavy atom. The van der Waals surface area contributed by atoms with E-state index >= 15 is 0 Å². The molecule has 2 N–H and O–H groups in total. The Bertz CT molecular complexity index is 753. The Kier molecular flexibility index (Phi) is 5.65. The Morgan fingerprint density at radius 1 is 1.07 bits per heavy atom. The minimum Gasteiger partial charge on any atom is -0.367 e. The van der Waals surface area contributed by atoms with Gasteiger partial charge in [0.15, 0.2) is 0 Å². The molecular formula is C20H28N6O. The maximum atomic E-state index is 12.5. The largest absolute Gasteiger partial charge is 0.367 e. The molecule has 0 aromatic carbocycles. The molecule has 144 valence electrons. The molecule has 1 aliphatic heterocycles. The molecule has 0 bridgehead atoms. The summed E-state index contributed by atoms with van der Waals surface area (Å²) in [6.07, 6.45) is 15.2. The first kappa shape index (κ1) is 17.9. The van der Waals surface area contributed by atoms with Crippen molar-refractivity contribution in [3.63, 3.8) is 0 Å². The maximum Gasteiger partial charge on any atom is 0.223 e. The Labute approximate surface area is 160 Å². The molecule has 1 unspecified atom stereocenters. The lowest BCUT2D eigenvalue weighted by Crippen LogP contribution is -2.37. The highest BCUT2D eigenvalue weighted by Gasteiger charge is 2.29. The highest BCUT2D eigenvalue weighted by atomic mass is 16.1. The van der Waals surface area contributed by atoms with Gasteiger partial charge in [0.05, 0.1) is 6.20 Å². The summed E-state index contributed by atoms with van der Waals surface area (Å²) in [4.78, 5) is 25.4. The fourth-order valence-corrected chi connectivity index (χ4v) is 4.31. The van der Waals surface area contributed by atoms with Crippen molar-refractivity contribution in [2.45, 2.75) is 57.4 Å². The van der Waals surface area contributed by atoms with Crippen LogP contribution in [0, 0.1) is 5.92 Å². The molecule has 27 heavy (non-hydrogen) atoms. The Hall–Kier alpha value is -2.44. The zero-order valence-corrected chi connectivity index (χ0v) is 15.7. The number of hydrogen-bond donors (Lipinski definition) is 2. The van der Waals surface area contributed by atoms with Gasteiger partial charge in [-0.25, -0.2) is 9.97 Å². The number of imidazole rings is 1. The predicted molar refractivity (Wildman–Crippen MR) is 103 cm³/mol. The zero-order valence-electron chi connectivity index (χ0n) is 15.7. The normalized spacial score (nSPS) is 20.1. The molecule has 0 spiro atoms. The summed E-state index contributed by atoms with van der Waals surface area (Å²) in [5, 5.41) is 6.20. The van der Waals surface area contributed by atoms with Gasteiger partial charge in [0, 0.05) is 62.2 Å². The second kappa shape index (κ2) is 8.50. The molecule has 1 atom stereocenters. The fourth-order valence-electron chi connectivity index (χ4n) is 4.31. The van der Waals surface area contributed by atoms with Crippen LogP contribution in [0.5, 0.6) is 0 Å². The third kappa shape index (κ3) is 4.28. The lowest BCUT2D eigenvalue weighted by Gasteiger charge is -2.27. The molecule has 3 heterocycles. The molecule has 0 saturated heterocycles.